The van der Waals surface area contributed by atoms with Crippen molar-refractivity contribution in [2.75, 3.05) is 4.90 Å². The van der Waals surface area contributed by atoms with Crippen molar-refractivity contribution in [2.24, 2.45) is 0 Å². The summed E-state index contributed by atoms with van der Waals surface area (Å²) >= 11 is 0. The maximum absolute atomic E-state index is 15.0. The van der Waals surface area contributed by atoms with E-state index < -0.39 is 7.14 Å². The highest BCUT2D eigenvalue weighted by Gasteiger charge is 2.36. The summed E-state index contributed by atoms with van der Waals surface area (Å²) in [7, 11) is -3.07. The Morgan fingerprint density at radius 1 is 0.476 bits per heavy atom. The Bertz CT molecular complexity index is 1850. The largest absolute Gasteiger partial charge is 0.310 e. The summed E-state index contributed by atoms with van der Waals surface area (Å²) in [6.45, 7) is 4.61. The molecule has 0 saturated heterocycles. The normalized spacial score (nSPS) is 13.7. The van der Waals surface area contributed by atoms with E-state index >= 15 is 4.57 Å². The maximum Gasteiger partial charge on any atom is 0.171 e. The lowest BCUT2D eigenvalue weighted by Gasteiger charge is -2.42. The minimum atomic E-state index is -3.07. The minimum Gasteiger partial charge on any atom is -0.310 e. The van der Waals surface area contributed by atoms with Gasteiger partial charge in [-0.3, -0.25) is 0 Å². The Hall–Kier alpha value is -4.65. The highest BCUT2D eigenvalue weighted by atomic mass is 31.2. The molecule has 6 aromatic rings. The highest BCUT2D eigenvalue weighted by molar-refractivity contribution is 7.85. The van der Waals surface area contributed by atoms with Crippen LogP contribution in [0, 0.1) is 0 Å². The number of benzene rings is 6. The lowest BCUT2D eigenvalue weighted by Crippen LogP contribution is -2.30. The number of para-hydroxylation sites is 2. The molecule has 6 aromatic carbocycles. The fourth-order valence-electron chi connectivity index (χ4n) is 6.38. The second kappa shape index (κ2) is 10.3. The van der Waals surface area contributed by atoms with E-state index in [2.05, 4.69) is 104 Å². The van der Waals surface area contributed by atoms with E-state index in [-0.39, 0.29) is 5.41 Å². The molecular formula is C39H32NOP. The average Bonchev–Trinajstić information content (AvgIpc) is 3.06. The van der Waals surface area contributed by atoms with Crippen LogP contribution in [0.25, 0.3) is 11.1 Å². The Morgan fingerprint density at radius 2 is 0.929 bits per heavy atom. The fourth-order valence-corrected chi connectivity index (χ4v) is 9.07. The predicted molar refractivity (Wildman–Crippen MR) is 178 cm³/mol. The lowest BCUT2D eigenvalue weighted by atomic mass is 9.73. The van der Waals surface area contributed by atoms with Gasteiger partial charge in [0, 0.05) is 27.0 Å². The third-order valence-electron chi connectivity index (χ3n) is 8.52. The van der Waals surface area contributed by atoms with E-state index in [0.29, 0.717) is 0 Å². The molecule has 0 atom stereocenters. The van der Waals surface area contributed by atoms with Crippen molar-refractivity contribution in [3.05, 3.63) is 169 Å². The summed E-state index contributed by atoms with van der Waals surface area (Å²) in [5.74, 6) is 0. The molecule has 42 heavy (non-hydrogen) atoms. The number of anilines is 3. The lowest BCUT2D eigenvalue weighted by molar-refractivity contribution is 0.592. The first-order chi connectivity index (χ1) is 20.5. The van der Waals surface area contributed by atoms with E-state index in [1.807, 2.05) is 72.8 Å². The Balaban J connectivity index is 1.37. The molecule has 1 aliphatic rings. The van der Waals surface area contributed by atoms with E-state index in [4.69, 9.17) is 0 Å². The standard InChI is InChI=1S/C39H32NOP/c1-39(2)35-23-9-11-25-37(35)40(38-26-12-10-24-36(38)39)31-17-13-15-29(27-31)30-16-14-22-34(28-30)42(41,32-18-5-3-6-19-32)33-20-7-4-8-21-33/h3-28H,1-2H3. The SMILES string of the molecule is CC1(C)c2ccccc2N(c2cccc(-c3cccc(P(=O)(c4ccccc4)c4ccccc4)c3)c2)c2ccccc21. The molecule has 204 valence electrons. The Morgan fingerprint density at radius 3 is 1.50 bits per heavy atom. The Kier molecular flexibility index (Phi) is 6.45. The van der Waals surface area contributed by atoms with Crippen LogP contribution in [0.5, 0.6) is 0 Å². The molecule has 1 aliphatic heterocycles. The van der Waals surface area contributed by atoms with Crippen LogP contribution in [-0.2, 0) is 9.98 Å². The second-order valence-corrected chi connectivity index (χ2v) is 14.1. The van der Waals surface area contributed by atoms with Crippen LogP contribution in [-0.4, -0.2) is 0 Å². The number of fused-ring (bicyclic) bond motifs is 2. The van der Waals surface area contributed by atoms with Crippen LogP contribution in [0.15, 0.2) is 158 Å². The van der Waals surface area contributed by atoms with E-state index in [1.54, 1.807) is 0 Å². The van der Waals surface area contributed by atoms with Crippen LogP contribution in [0.4, 0.5) is 17.1 Å². The van der Waals surface area contributed by atoms with Crippen molar-refractivity contribution in [3.8, 4) is 11.1 Å². The van der Waals surface area contributed by atoms with E-state index in [1.165, 1.54) is 22.5 Å². The molecule has 2 nitrogen and oxygen atoms in total. The fraction of sp³-hybridized carbons (Fsp3) is 0.0769. The van der Waals surface area contributed by atoms with Crippen LogP contribution in [0.3, 0.4) is 0 Å². The minimum absolute atomic E-state index is 0.105. The van der Waals surface area contributed by atoms with Crippen LogP contribution in [0.2, 0.25) is 0 Å². The average molecular weight is 562 g/mol. The van der Waals surface area contributed by atoms with Gasteiger partial charge < -0.3 is 9.46 Å². The molecule has 3 heteroatoms. The molecule has 0 aromatic heterocycles. The molecule has 7 rings (SSSR count). The molecule has 0 fully saturated rings. The molecule has 0 radical (unpaired) electrons. The first kappa shape index (κ1) is 26.3. The summed E-state index contributed by atoms with van der Waals surface area (Å²) in [4.78, 5) is 2.38. The number of nitrogens with zero attached hydrogens (tertiary/aromatic N) is 1. The van der Waals surface area contributed by atoms with Gasteiger partial charge in [0.25, 0.3) is 0 Å². The number of hydrogen-bond donors (Lipinski definition) is 0. The van der Waals surface area contributed by atoms with Crippen molar-refractivity contribution in [2.45, 2.75) is 19.3 Å². The third kappa shape index (κ3) is 4.23. The highest BCUT2D eigenvalue weighted by Crippen LogP contribution is 2.52. The smallest absolute Gasteiger partial charge is 0.171 e. The quantitative estimate of drug-likeness (QED) is 0.196. The Labute approximate surface area is 248 Å². The predicted octanol–water partition coefficient (Wildman–Crippen LogP) is 9.10. The molecular weight excluding hydrogens is 529 g/mol. The second-order valence-electron chi connectivity index (χ2n) is 11.4. The van der Waals surface area contributed by atoms with Crippen LogP contribution >= 0.6 is 7.14 Å². The van der Waals surface area contributed by atoms with Gasteiger partial charge in [0.05, 0.1) is 11.4 Å². The third-order valence-corrected chi connectivity index (χ3v) is 11.6. The van der Waals surface area contributed by atoms with Crippen molar-refractivity contribution in [3.63, 3.8) is 0 Å². The topological polar surface area (TPSA) is 20.3 Å². The number of rotatable bonds is 5. The van der Waals surface area contributed by atoms with Crippen molar-refractivity contribution in [1.82, 2.24) is 0 Å². The summed E-state index contributed by atoms with van der Waals surface area (Å²) < 4.78 is 15.0. The van der Waals surface area contributed by atoms with Gasteiger partial charge in [-0.05, 0) is 52.6 Å². The molecule has 0 N–H and O–H groups in total. The number of hydrogen-bond acceptors (Lipinski definition) is 2. The molecule has 0 amide bonds. The van der Waals surface area contributed by atoms with Crippen molar-refractivity contribution < 1.29 is 4.57 Å². The van der Waals surface area contributed by atoms with Gasteiger partial charge in [-0.2, -0.15) is 0 Å². The maximum atomic E-state index is 15.0. The van der Waals surface area contributed by atoms with Gasteiger partial charge in [0.1, 0.15) is 0 Å². The van der Waals surface area contributed by atoms with Gasteiger partial charge in [-0.1, -0.05) is 141 Å². The van der Waals surface area contributed by atoms with Gasteiger partial charge in [-0.25, -0.2) is 0 Å². The van der Waals surface area contributed by atoms with E-state index in [0.717, 1.165) is 32.7 Å². The summed E-state index contributed by atoms with van der Waals surface area (Å²) in [6.07, 6.45) is 0. The summed E-state index contributed by atoms with van der Waals surface area (Å²) in [5.41, 5.74) is 8.14. The van der Waals surface area contributed by atoms with Crippen LogP contribution < -0.4 is 20.8 Å². The molecule has 0 unspecified atom stereocenters. The first-order valence-corrected chi connectivity index (χ1v) is 16.1. The van der Waals surface area contributed by atoms with E-state index in [9.17, 15) is 0 Å². The molecule has 0 saturated carbocycles. The zero-order chi connectivity index (χ0) is 28.7. The van der Waals surface area contributed by atoms with Crippen LogP contribution in [0.1, 0.15) is 25.0 Å². The first-order valence-electron chi connectivity index (χ1n) is 14.4. The van der Waals surface area contributed by atoms with Gasteiger partial charge in [0.15, 0.2) is 7.14 Å². The molecule has 0 spiro atoms. The zero-order valence-electron chi connectivity index (χ0n) is 23.8. The zero-order valence-corrected chi connectivity index (χ0v) is 24.7. The van der Waals surface area contributed by atoms with Crippen molar-refractivity contribution >= 4 is 40.1 Å². The monoisotopic (exact) mass is 561 g/mol. The van der Waals surface area contributed by atoms with Gasteiger partial charge in [0.2, 0.25) is 0 Å². The molecule has 0 aliphatic carbocycles. The summed E-state index contributed by atoms with van der Waals surface area (Å²) in [5, 5.41) is 2.51. The molecule has 0 bridgehead atoms. The van der Waals surface area contributed by atoms with Gasteiger partial charge >= 0.3 is 0 Å². The van der Waals surface area contributed by atoms with Gasteiger partial charge in [-0.15, -0.1) is 0 Å². The van der Waals surface area contributed by atoms with Crippen molar-refractivity contribution in [1.29, 1.82) is 0 Å². The summed E-state index contributed by atoms with van der Waals surface area (Å²) in [6, 6.07) is 54.1. The molecule has 1 heterocycles.